The first kappa shape index (κ1) is 16.4. The van der Waals surface area contributed by atoms with E-state index < -0.39 is 0 Å². The number of anilines is 1. The van der Waals surface area contributed by atoms with Gasteiger partial charge in [0.05, 0.1) is 0 Å². The number of likely N-dealkylation sites (N-methyl/N-ethyl adjacent to an activating group) is 1. The van der Waals surface area contributed by atoms with Crippen molar-refractivity contribution in [2.45, 2.75) is 31.3 Å². The normalized spacial score (nSPS) is 23.3. The number of rotatable bonds is 6. The number of nitrogens with one attached hydrogen (secondary N) is 2. The topological polar surface area (TPSA) is 43.4 Å². The number of nitrogens with zero attached hydrogens (tertiary/aromatic N) is 3. The van der Waals surface area contributed by atoms with Crippen molar-refractivity contribution in [3.8, 4) is 0 Å². The molecule has 0 aliphatic carbocycles. The minimum atomic E-state index is 0.616. The van der Waals surface area contributed by atoms with Crippen molar-refractivity contribution in [2.24, 2.45) is 0 Å². The molecule has 0 spiro atoms. The fourth-order valence-electron chi connectivity index (χ4n) is 3.47. The third-order valence-corrected chi connectivity index (χ3v) is 5.00. The highest BCUT2D eigenvalue weighted by Crippen LogP contribution is 2.18. The van der Waals surface area contributed by atoms with E-state index in [2.05, 4.69) is 51.2 Å². The standard InChI is InChI=1S/C18H29N5/c1-3-15-4-5-18(19-12-15)23-10-7-16(8-11-23)20-14-21-17-6-9-22(2)13-17/h3-5,12,16-17,20-21H,1,6-11,13-14H2,2H3. The Morgan fingerprint density at radius 2 is 1.91 bits per heavy atom. The SMILES string of the molecule is C=Cc1ccc(N2CCC(NCNC3CCN(C)C3)CC2)nc1. The van der Waals surface area contributed by atoms with E-state index >= 15 is 0 Å². The molecular weight excluding hydrogens is 286 g/mol. The third-order valence-electron chi connectivity index (χ3n) is 5.00. The van der Waals surface area contributed by atoms with Gasteiger partial charge in [-0.15, -0.1) is 0 Å². The smallest absolute Gasteiger partial charge is 0.128 e. The lowest BCUT2D eigenvalue weighted by Gasteiger charge is -2.33. The summed E-state index contributed by atoms with van der Waals surface area (Å²) in [6.45, 7) is 9.24. The van der Waals surface area contributed by atoms with Gasteiger partial charge in [-0.1, -0.05) is 12.7 Å². The van der Waals surface area contributed by atoms with Crippen LogP contribution in [-0.4, -0.2) is 61.9 Å². The summed E-state index contributed by atoms with van der Waals surface area (Å²) in [5, 5.41) is 7.29. The Labute approximate surface area is 139 Å². The van der Waals surface area contributed by atoms with E-state index in [0.29, 0.717) is 12.1 Å². The summed E-state index contributed by atoms with van der Waals surface area (Å²) in [6.07, 6.45) is 7.36. The summed E-state index contributed by atoms with van der Waals surface area (Å²) in [4.78, 5) is 9.31. The summed E-state index contributed by atoms with van der Waals surface area (Å²) >= 11 is 0. The zero-order valence-electron chi connectivity index (χ0n) is 14.2. The summed E-state index contributed by atoms with van der Waals surface area (Å²) in [5.41, 5.74) is 1.08. The molecule has 2 N–H and O–H groups in total. The third kappa shape index (κ3) is 4.53. The highest BCUT2D eigenvalue weighted by atomic mass is 15.2. The maximum absolute atomic E-state index is 4.54. The van der Waals surface area contributed by atoms with Gasteiger partial charge in [-0.05, 0) is 50.6 Å². The van der Waals surface area contributed by atoms with Crippen LogP contribution in [-0.2, 0) is 0 Å². The first-order chi connectivity index (χ1) is 11.2. The zero-order valence-corrected chi connectivity index (χ0v) is 14.2. The van der Waals surface area contributed by atoms with Crippen molar-refractivity contribution in [2.75, 3.05) is 44.8 Å². The molecule has 23 heavy (non-hydrogen) atoms. The minimum absolute atomic E-state index is 0.616. The van der Waals surface area contributed by atoms with Gasteiger partial charge in [0.2, 0.25) is 0 Å². The van der Waals surface area contributed by atoms with Gasteiger partial charge in [-0.2, -0.15) is 0 Å². The Morgan fingerprint density at radius 1 is 1.17 bits per heavy atom. The molecule has 1 aromatic heterocycles. The van der Waals surface area contributed by atoms with Crippen LogP contribution in [0.25, 0.3) is 6.08 Å². The maximum atomic E-state index is 4.54. The van der Waals surface area contributed by atoms with Crippen LogP contribution in [0.1, 0.15) is 24.8 Å². The average Bonchev–Trinajstić information content (AvgIpc) is 3.01. The van der Waals surface area contributed by atoms with Crippen LogP contribution in [0.2, 0.25) is 0 Å². The van der Waals surface area contributed by atoms with E-state index in [1.54, 1.807) is 0 Å². The maximum Gasteiger partial charge on any atom is 0.128 e. The second kappa shape index (κ2) is 7.90. The highest BCUT2D eigenvalue weighted by molar-refractivity contribution is 5.49. The molecule has 2 aliphatic heterocycles. The molecule has 0 aromatic carbocycles. The van der Waals surface area contributed by atoms with Gasteiger partial charge in [0, 0.05) is 44.6 Å². The summed E-state index contributed by atoms with van der Waals surface area (Å²) in [6, 6.07) is 5.45. The van der Waals surface area contributed by atoms with Crippen LogP contribution in [0.3, 0.4) is 0 Å². The van der Waals surface area contributed by atoms with E-state index in [1.807, 2.05) is 12.3 Å². The summed E-state index contributed by atoms with van der Waals surface area (Å²) in [5.74, 6) is 1.08. The molecule has 3 heterocycles. The van der Waals surface area contributed by atoms with Crippen LogP contribution >= 0.6 is 0 Å². The molecule has 0 amide bonds. The first-order valence-corrected chi connectivity index (χ1v) is 8.73. The largest absolute Gasteiger partial charge is 0.357 e. The van der Waals surface area contributed by atoms with Crippen molar-refractivity contribution < 1.29 is 0 Å². The van der Waals surface area contributed by atoms with Gasteiger partial charge < -0.3 is 20.4 Å². The summed E-state index contributed by atoms with van der Waals surface area (Å²) < 4.78 is 0. The van der Waals surface area contributed by atoms with E-state index in [4.69, 9.17) is 0 Å². The number of likely N-dealkylation sites (tertiary alicyclic amines) is 1. The van der Waals surface area contributed by atoms with Gasteiger partial charge in [0.1, 0.15) is 5.82 Å². The molecule has 1 aromatic rings. The van der Waals surface area contributed by atoms with Crippen LogP contribution in [0.4, 0.5) is 5.82 Å². The zero-order chi connectivity index (χ0) is 16.1. The Balaban J connectivity index is 1.37. The molecule has 1 atom stereocenters. The van der Waals surface area contributed by atoms with Crippen molar-refractivity contribution >= 4 is 11.9 Å². The van der Waals surface area contributed by atoms with Crippen LogP contribution in [0.5, 0.6) is 0 Å². The Kier molecular flexibility index (Phi) is 5.65. The van der Waals surface area contributed by atoms with Crippen molar-refractivity contribution in [3.05, 3.63) is 30.5 Å². The van der Waals surface area contributed by atoms with Crippen molar-refractivity contribution in [1.29, 1.82) is 0 Å². The van der Waals surface area contributed by atoms with Crippen LogP contribution in [0, 0.1) is 0 Å². The molecule has 0 bridgehead atoms. The molecule has 2 saturated heterocycles. The number of aromatic nitrogens is 1. The minimum Gasteiger partial charge on any atom is -0.357 e. The molecule has 1 unspecified atom stereocenters. The van der Waals surface area contributed by atoms with Crippen molar-refractivity contribution in [1.82, 2.24) is 20.5 Å². The lowest BCUT2D eigenvalue weighted by molar-refractivity contribution is 0.367. The molecule has 2 aliphatic rings. The molecule has 126 valence electrons. The second-order valence-corrected chi connectivity index (χ2v) is 6.75. The van der Waals surface area contributed by atoms with E-state index in [9.17, 15) is 0 Å². The van der Waals surface area contributed by atoms with Gasteiger partial charge in [0.15, 0.2) is 0 Å². The molecular formula is C18H29N5. The Bertz CT molecular complexity index is 493. The number of piperidine rings is 1. The van der Waals surface area contributed by atoms with Crippen LogP contribution in [0.15, 0.2) is 24.9 Å². The first-order valence-electron chi connectivity index (χ1n) is 8.73. The predicted octanol–water partition coefficient (Wildman–Crippen LogP) is 1.53. The average molecular weight is 315 g/mol. The fraction of sp³-hybridized carbons (Fsp3) is 0.611. The van der Waals surface area contributed by atoms with E-state index in [1.165, 1.54) is 32.4 Å². The number of pyridine rings is 1. The molecule has 5 heteroatoms. The predicted molar refractivity (Wildman–Crippen MR) is 96.6 cm³/mol. The Morgan fingerprint density at radius 3 is 2.52 bits per heavy atom. The van der Waals surface area contributed by atoms with E-state index in [-0.39, 0.29) is 0 Å². The molecule has 0 saturated carbocycles. The van der Waals surface area contributed by atoms with Crippen LogP contribution < -0.4 is 15.5 Å². The second-order valence-electron chi connectivity index (χ2n) is 6.75. The van der Waals surface area contributed by atoms with E-state index in [0.717, 1.165) is 31.1 Å². The molecule has 5 nitrogen and oxygen atoms in total. The fourth-order valence-corrected chi connectivity index (χ4v) is 3.47. The van der Waals surface area contributed by atoms with Gasteiger partial charge in [-0.25, -0.2) is 4.98 Å². The lowest BCUT2D eigenvalue weighted by atomic mass is 10.1. The molecule has 2 fully saturated rings. The Hall–Kier alpha value is -1.43. The lowest BCUT2D eigenvalue weighted by Crippen LogP contribution is -2.47. The quantitative estimate of drug-likeness (QED) is 0.780. The van der Waals surface area contributed by atoms with Crippen molar-refractivity contribution in [3.63, 3.8) is 0 Å². The van der Waals surface area contributed by atoms with Gasteiger partial charge in [-0.3, -0.25) is 0 Å². The summed E-state index contributed by atoms with van der Waals surface area (Å²) in [7, 11) is 2.19. The van der Waals surface area contributed by atoms with Gasteiger partial charge in [0.25, 0.3) is 0 Å². The highest BCUT2D eigenvalue weighted by Gasteiger charge is 2.21. The molecule has 3 rings (SSSR count). The monoisotopic (exact) mass is 315 g/mol. The number of hydrogen-bond donors (Lipinski definition) is 2. The van der Waals surface area contributed by atoms with Gasteiger partial charge >= 0.3 is 0 Å². The molecule has 0 radical (unpaired) electrons. The number of hydrogen-bond acceptors (Lipinski definition) is 5.